The van der Waals surface area contributed by atoms with Crippen LogP contribution < -0.4 is 4.74 Å². The van der Waals surface area contributed by atoms with Gasteiger partial charge in [0.05, 0.1) is 20.1 Å². The molecule has 1 aromatic rings. The second-order valence-corrected chi connectivity index (χ2v) is 6.46. The third-order valence-corrected chi connectivity index (χ3v) is 4.41. The maximum absolute atomic E-state index is 12.5. The zero-order chi connectivity index (χ0) is 18.1. The Morgan fingerprint density at radius 1 is 1.12 bits per heavy atom. The Bertz CT molecular complexity index is 808. The number of hydrogen-bond acceptors (Lipinski definition) is 7. The van der Waals surface area contributed by atoms with Gasteiger partial charge in [0.2, 0.25) is 5.79 Å². The third kappa shape index (κ3) is 4.70. The molecule has 1 aliphatic rings. The summed E-state index contributed by atoms with van der Waals surface area (Å²) in [6.45, 7) is 0. The molecule has 0 saturated heterocycles. The molecule has 8 nitrogen and oxygen atoms in total. The summed E-state index contributed by atoms with van der Waals surface area (Å²) in [7, 11) is -2.19. The Balaban J connectivity index is 0.00000312. The van der Waals surface area contributed by atoms with Crippen LogP contribution in [0.5, 0.6) is 5.75 Å². The Hall–Kier alpha value is -1.20. The molecule has 1 unspecified atom stereocenters. The average Bonchev–Trinajstić information content (AvgIpc) is 2.52. The van der Waals surface area contributed by atoms with Crippen LogP contribution in [-0.4, -0.2) is 78.5 Å². The Kier molecular flexibility index (Phi) is 6.99. The summed E-state index contributed by atoms with van der Waals surface area (Å²) in [6.07, 6.45) is 1.41. The van der Waals surface area contributed by atoms with Gasteiger partial charge in [-0.3, -0.25) is 9.35 Å². The monoisotopic (exact) mass is 379 g/mol. The van der Waals surface area contributed by atoms with E-state index in [0.717, 1.165) is 13.2 Å². The first-order chi connectivity index (χ1) is 11.1. The fourth-order valence-electron chi connectivity index (χ4n) is 2.29. The number of aliphatic hydroxyl groups is 2. The molecule has 0 amide bonds. The molecule has 131 valence electrons. The largest absolute Gasteiger partial charge is 0.497 e. The number of ether oxygens (including phenoxy) is 2. The van der Waals surface area contributed by atoms with E-state index in [-0.39, 0.29) is 35.1 Å². The van der Waals surface area contributed by atoms with Crippen LogP contribution in [0.15, 0.2) is 47.1 Å². The van der Waals surface area contributed by atoms with Gasteiger partial charge in [-0.05, 0) is 30.3 Å². The second-order valence-electron chi connectivity index (χ2n) is 5.07. The predicted molar refractivity (Wildman–Crippen MR) is 88.5 cm³/mol. The third-order valence-electron chi connectivity index (χ3n) is 3.52. The van der Waals surface area contributed by atoms with Gasteiger partial charge in [0.15, 0.2) is 5.78 Å². The summed E-state index contributed by atoms with van der Waals surface area (Å²) in [4.78, 5) is 11.8. The van der Waals surface area contributed by atoms with Crippen LogP contribution in [-0.2, 0) is 14.9 Å². The van der Waals surface area contributed by atoms with Crippen LogP contribution in [0.1, 0.15) is 10.4 Å². The zero-order valence-electron chi connectivity index (χ0n) is 13.8. The number of Topliss-reactive ketones (excluding diaryl/α,β-unsaturated/α-hetero) is 1. The molecule has 2 rings (SSSR count). The minimum atomic E-state index is -4.72. The van der Waals surface area contributed by atoms with Crippen molar-refractivity contribution in [1.29, 1.82) is 0 Å². The van der Waals surface area contributed by atoms with Gasteiger partial charge in [-0.15, -0.1) is 0 Å². The number of carbonyl (C=O) groups excluding carboxylic acids is 1. The fraction of sp³-hybridized carbons (Fsp3) is 0.267. The smallest absolute Gasteiger partial charge is 0.297 e. The average molecular weight is 379 g/mol. The molecular weight excluding hydrogens is 363 g/mol. The Morgan fingerprint density at radius 2 is 1.68 bits per heavy atom. The van der Waals surface area contributed by atoms with E-state index in [0.29, 0.717) is 11.8 Å². The summed E-state index contributed by atoms with van der Waals surface area (Å²) in [6, 6.07) is 5.79. The van der Waals surface area contributed by atoms with Crippen molar-refractivity contribution in [1.82, 2.24) is 0 Å². The molecule has 0 bridgehead atoms. The number of hydrogen-bond donors (Lipinski definition) is 3. The van der Waals surface area contributed by atoms with E-state index in [9.17, 15) is 28.0 Å². The van der Waals surface area contributed by atoms with Crippen LogP contribution in [0.3, 0.4) is 0 Å². The zero-order valence-corrected chi connectivity index (χ0v) is 16.6. The van der Waals surface area contributed by atoms with E-state index in [2.05, 4.69) is 0 Å². The maximum atomic E-state index is 12.5. The summed E-state index contributed by atoms with van der Waals surface area (Å²) < 4.78 is 41.8. The van der Waals surface area contributed by atoms with Crippen molar-refractivity contribution >= 4 is 45.5 Å². The van der Waals surface area contributed by atoms with Crippen LogP contribution >= 0.6 is 0 Å². The minimum absolute atomic E-state index is 0. The van der Waals surface area contributed by atoms with Gasteiger partial charge in [-0.1, -0.05) is 0 Å². The topological polar surface area (TPSA) is 130 Å². The quantitative estimate of drug-likeness (QED) is 0.284. The van der Waals surface area contributed by atoms with E-state index in [1.165, 1.54) is 31.4 Å². The van der Waals surface area contributed by atoms with Crippen molar-refractivity contribution in [3.8, 4) is 5.75 Å². The molecule has 3 N–H and O–H groups in total. The molecule has 0 heterocycles. The van der Waals surface area contributed by atoms with Crippen LogP contribution in [0.4, 0.5) is 0 Å². The second kappa shape index (κ2) is 8.00. The summed E-state index contributed by atoms with van der Waals surface area (Å²) in [5, 5.41) is 20.2. The molecule has 10 heteroatoms. The maximum Gasteiger partial charge on any atom is 0.297 e. The van der Waals surface area contributed by atoms with E-state index in [4.69, 9.17) is 9.47 Å². The molecule has 0 aromatic heterocycles. The van der Waals surface area contributed by atoms with E-state index in [1.54, 1.807) is 0 Å². The van der Waals surface area contributed by atoms with Crippen LogP contribution in [0, 0.1) is 5.92 Å². The normalized spacial score (nSPS) is 19.2. The molecule has 1 radical (unpaired) electrons. The first-order valence-corrected chi connectivity index (χ1v) is 8.13. The van der Waals surface area contributed by atoms with Gasteiger partial charge < -0.3 is 19.7 Å². The van der Waals surface area contributed by atoms with Gasteiger partial charge in [0.25, 0.3) is 10.1 Å². The van der Waals surface area contributed by atoms with E-state index >= 15 is 0 Å². The van der Waals surface area contributed by atoms with Crippen molar-refractivity contribution in [2.45, 2.75) is 5.79 Å². The van der Waals surface area contributed by atoms with Crippen molar-refractivity contribution in [3.05, 3.63) is 52.6 Å². The van der Waals surface area contributed by atoms with Gasteiger partial charge in [-0.2, -0.15) is 8.42 Å². The molecule has 0 saturated carbocycles. The minimum Gasteiger partial charge on any atom is -0.497 e. The number of benzene rings is 1. The standard InChI is InChI=1S/C15H16O8S.Na/c1-22-10-5-3-9(4-6-10)14(16)11-7-13(24(19,20)21)12(23-2)8-15(11,17)18;/h3-8,11,17-18H,1-2H3,(H,19,20,21);. The first kappa shape index (κ1) is 21.8. The molecule has 0 aliphatic heterocycles. The number of rotatable bonds is 5. The summed E-state index contributed by atoms with van der Waals surface area (Å²) in [5.41, 5.74) is 0.105. The van der Waals surface area contributed by atoms with Gasteiger partial charge >= 0.3 is 0 Å². The Labute approximate surface area is 166 Å². The molecule has 25 heavy (non-hydrogen) atoms. The van der Waals surface area contributed by atoms with E-state index < -0.39 is 38.3 Å². The van der Waals surface area contributed by atoms with Gasteiger partial charge in [-0.25, -0.2) is 0 Å². The van der Waals surface area contributed by atoms with E-state index in [1.807, 2.05) is 0 Å². The van der Waals surface area contributed by atoms with Crippen LogP contribution in [0.25, 0.3) is 0 Å². The van der Waals surface area contributed by atoms with Crippen molar-refractivity contribution < 1.29 is 37.5 Å². The predicted octanol–water partition coefficient (Wildman–Crippen LogP) is 0.110. The molecule has 0 spiro atoms. The van der Waals surface area contributed by atoms with Gasteiger partial charge in [0, 0.05) is 41.2 Å². The summed E-state index contributed by atoms with van der Waals surface area (Å²) >= 11 is 0. The fourth-order valence-corrected chi connectivity index (χ4v) is 2.99. The first-order valence-electron chi connectivity index (χ1n) is 6.69. The van der Waals surface area contributed by atoms with Crippen molar-refractivity contribution in [3.63, 3.8) is 0 Å². The number of ketones is 1. The molecular formula is C15H16NaO8S. The van der Waals surface area contributed by atoms with Crippen LogP contribution in [0.2, 0.25) is 0 Å². The van der Waals surface area contributed by atoms with Crippen molar-refractivity contribution in [2.75, 3.05) is 14.2 Å². The molecule has 1 aliphatic carbocycles. The summed E-state index contributed by atoms with van der Waals surface area (Å²) in [5.74, 6) is -5.07. The molecule has 1 atom stereocenters. The Morgan fingerprint density at radius 3 is 2.12 bits per heavy atom. The van der Waals surface area contributed by atoms with Crippen molar-refractivity contribution in [2.24, 2.45) is 5.92 Å². The SMILES string of the molecule is COC1=CC(O)(O)C(C(=O)c2ccc(OC)cc2)C=C1S(=O)(=O)O.[Na]. The number of methoxy groups -OCH3 is 2. The molecule has 1 aromatic carbocycles. The molecule has 0 fully saturated rings. The number of carbonyl (C=O) groups is 1. The van der Waals surface area contributed by atoms with Gasteiger partial charge in [0.1, 0.15) is 16.4 Å².